The van der Waals surface area contributed by atoms with Gasteiger partial charge in [-0.1, -0.05) is 11.6 Å². The number of hydrogen-bond donors (Lipinski definition) is 2. The van der Waals surface area contributed by atoms with Gasteiger partial charge in [0, 0.05) is 15.4 Å². The zero-order valence-corrected chi connectivity index (χ0v) is 9.83. The Labute approximate surface area is 107 Å². The molecule has 0 bridgehead atoms. The van der Waals surface area contributed by atoms with Gasteiger partial charge in [0.1, 0.15) is 0 Å². The average Bonchev–Trinajstić information content (AvgIpc) is 2.32. The standard InChI is InChI=1S/C11H9ClN3O3/c12-8-1-3-9(4-2-8)13-10-7-14(16)6-5-11(10)15(17)18/h1-7,13,16H/q+1. The Morgan fingerprint density at radius 2 is 1.94 bits per heavy atom. The summed E-state index contributed by atoms with van der Waals surface area (Å²) in [5, 5.41) is 23.5. The summed E-state index contributed by atoms with van der Waals surface area (Å²) in [5.74, 6) is 0. The minimum Gasteiger partial charge on any atom is -0.345 e. The predicted molar refractivity (Wildman–Crippen MR) is 65.2 cm³/mol. The molecule has 1 heterocycles. The molecule has 2 rings (SSSR count). The van der Waals surface area contributed by atoms with Gasteiger partial charge in [-0.15, -0.1) is 0 Å². The third-order valence-corrected chi connectivity index (χ3v) is 2.49. The fraction of sp³-hybridized carbons (Fsp3) is 0. The van der Waals surface area contributed by atoms with Crippen molar-refractivity contribution in [3.8, 4) is 0 Å². The van der Waals surface area contributed by atoms with Crippen molar-refractivity contribution in [2.45, 2.75) is 0 Å². The first-order valence-corrected chi connectivity index (χ1v) is 5.35. The van der Waals surface area contributed by atoms with Crippen LogP contribution in [0.1, 0.15) is 0 Å². The van der Waals surface area contributed by atoms with E-state index in [1.165, 1.54) is 18.5 Å². The lowest BCUT2D eigenvalue weighted by atomic mass is 10.3. The maximum Gasteiger partial charge on any atom is 0.305 e. The first kappa shape index (κ1) is 12.1. The highest BCUT2D eigenvalue weighted by Gasteiger charge is 2.18. The van der Waals surface area contributed by atoms with Gasteiger partial charge in [-0.05, 0) is 24.3 Å². The molecular formula is C11H9ClN3O3+. The van der Waals surface area contributed by atoms with Gasteiger partial charge in [-0.25, -0.2) is 0 Å². The lowest BCUT2D eigenvalue weighted by Gasteiger charge is -2.04. The van der Waals surface area contributed by atoms with Crippen LogP contribution in [0, 0.1) is 10.1 Å². The van der Waals surface area contributed by atoms with Crippen LogP contribution in [0.4, 0.5) is 17.1 Å². The molecular weight excluding hydrogens is 258 g/mol. The molecule has 2 N–H and O–H groups in total. The molecule has 92 valence electrons. The van der Waals surface area contributed by atoms with Gasteiger partial charge in [-0.3, -0.25) is 15.3 Å². The zero-order valence-electron chi connectivity index (χ0n) is 9.08. The highest BCUT2D eigenvalue weighted by molar-refractivity contribution is 6.30. The lowest BCUT2D eigenvalue weighted by molar-refractivity contribution is -0.904. The van der Waals surface area contributed by atoms with E-state index >= 15 is 0 Å². The molecule has 0 aliphatic rings. The van der Waals surface area contributed by atoms with Crippen LogP contribution in [0.15, 0.2) is 42.7 Å². The van der Waals surface area contributed by atoms with Gasteiger partial charge in [0.15, 0.2) is 5.69 Å². The predicted octanol–water partition coefficient (Wildman–Crippen LogP) is 2.52. The average molecular weight is 267 g/mol. The van der Waals surface area contributed by atoms with Crippen molar-refractivity contribution in [3.63, 3.8) is 0 Å². The third-order valence-electron chi connectivity index (χ3n) is 2.24. The molecule has 6 nitrogen and oxygen atoms in total. The van der Waals surface area contributed by atoms with Crippen LogP contribution in [-0.4, -0.2) is 10.1 Å². The first-order chi connectivity index (χ1) is 8.56. The van der Waals surface area contributed by atoms with Gasteiger partial charge in [-0.2, -0.15) is 0 Å². The van der Waals surface area contributed by atoms with E-state index < -0.39 is 4.92 Å². The lowest BCUT2D eigenvalue weighted by Crippen LogP contribution is -2.29. The molecule has 0 atom stereocenters. The van der Waals surface area contributed by atoms with E-state index in [4.69, 9.17) is 11.6 Å². The summed E-state index contributed by atoms with van der Waals surface area (Å²) >= 11 is 5.74. The fourth-order valence-corrected chi connectivity index (χ4v) is 1.55. The molecule has 1 aromatic heterocycles. The van der Waals surface area contributed by atoms with E-state index in [0.717, 1.165) is 4.73 Å². The minimum atomic E-state index is -0.530. The van der Waals surface area contributed by atoms with Crippen molar-refractivity contribution in [2.24, 2.45) is 0 Å². The molecule has 0 unspecified atom stereocenters. The summed E-state index contributed by atoms with van der Waals surface area (Å²) in [6, 6.07) is 7.89. The van der Waals surface area contributed by atoms with Crippen molar-refractivity contribution in [1.82, 2.24) is 0 Å². The van der Waals surface area contributed by atoms with Crippen LogP contribution in [0.3, 0.4) is 0 Å². The number of nitro groups is 1. The summed E-state index contributed by atoms with van der Waals surface area (Å²) in [4.78, 5) is 10.3. The van der Waals surface area contributed by atoms with Crippen molar-refractivity contribution in [3.05, 3.63) is 57.9 Å². The van der Waals surface area contributed by atoms with Crippen LogP contribution in [0.25, 0.3) is 0 Å². The van der Waals surface area contributed by atoms with Crippen molar-refractivity contribution < 1.29 is 14.9 Å². The molecule has 0 saturated heterocycles. The number of pyridine rings is 1. The number of halogens is 1. The van der Waals surface area contributed by atoms with E-state index in [9.17, 15) is 15.3 Å². The second kappa shape index (κ2) is 4.89. The molecule has 0 saturated carbocycles. The molecule has 2 aromatic rings. The smallest absolute Gasteiger partial charge is 0.305 e. The van der Waals surface area contributed by atoms with Crippen LogP contribution in [-0.2, 0) is 0 Å². The number of aromatic nitrogens is 1. The second-order valence-corrected chi connectivity index (χ2v) is 3.95. The van der Waals surface area contributed by atoms with E-state index in [1.807, 2.05) is 0 Å². The molecule has 1 aromatic carbocycles. The topological polar surface area (TPSA) is 79.3 Å². The second-order valence-electron chi connectivity index (χ2n) is 3.51. The van der Waals surface area contributed by atoms with Gasteiger partial charge in [0.25, 0.3) is 6.20 Å². The van der Waals surface area contributed by atoms with Crippen molar-refractivity contribution >= 4 is 28.7 Å². The SMILES string of the molecule is O=[N+]([O-])c1cc[n+](O)cc1Nc1ccc(Cl)cc1. The molecule has 18 heavy (non-hydrogen) atoms. The fourth-order valence-electron chi connectivity index (χ4n) is 1.42. The van der Waals surface area contributed by atoms with Gasteiger partial charge in [0.2, 0.25) is 6.20 Å². The number of rotatable bonds is 3. The number of hydrogen-bond acceptors (Lipinski definition) is 4. The summed E-state index contributed by atoms with van der Waals surface area (Å²) in [6.45, 7) is 0. The molecule has 0 aliphatic carbocycles. The number of nitrogens with zero attached hydrogens (tertiary/aromatic N) is 2. The Bertz CT molecular complexity index is 587. The number of benzene rings is 1. The van der Waals surface area contributed by atoms with E-state index in [0.29, 0.717) is 10.7 Å². The van der Waals surface area contributed by atoms with Crippen LogP contribution < -0.4 is 10.0 Å². The van der Waals surface area contributed by atoms with Crippen molar-refractivity contribution in [2.75, 3.05) is 5.32 Å². The van der Waals surface area contributed by atoms with Gasteiger partial charge in [0.05, 0.1) is 11.0 Å². The monoisotopic (exact) mass is 266 g/mol. The molecule has 0 amide bonds. The Balaban J connectivity index is 2.35. The maximum absolute atomic E-state index is 10.8. The quantitative estimate of drug-likeness (QED) is 0.387. The maximum atomic E-state index is 10.8. The highest BCUT2D eigenvalue weighted by Crippen LogP contribution is 2.25. The molecule has 0 radical (unpaired) electrons. The largest absolute Gasteiger partial charge is 0.345 e. The molecule has 0 aliphatic heterocycles. The minimum absolute atomic E-state index is 0.129. The van der Waals surface area contributed by atoms with Gasteiger partial charge >= 0.3 is 5.69 Å². The van der Waals surface area contributed by atoms with E-state index in [2.05, 4.69) is 5.32 Å². The summed E-state index contributed by atoms with van der Waals surface area (Å²) in [5.41, 5.74) is 0.691. The summed E-state index contributed by atoms with van der Waals surface area (Å²) in [7, 11) is 0. The van der Waals surface area contributed by atoms with Crippen molar-refractivity contribution in [1.29, 1.82) is 0 Å². The summed E-state index contributed by atoms with van der Waals surface area (Å²) in [6.07, 6.45) is 2.40. The van der Waals surface area contributed by atoms with E-state index in [1.54, 1.807) is 24.3 Å². The number of anilines is 2. The Morgan fingerprint density at radius 1 is 1.28 bits per heavy atom. The van der Waals surface area contributed by atoms with Crippen LogP contribution in [0.5, 0.6) is 0 Å². The normalized spacial score (nSPS) is 10.1. The molecule has 0 fully saturated rings. The highest BCUT2D eigenvalue weighted by atomic mass is 35.5. The number of nitrogens with one attached hydrogen (secondary N) is 1. The van der Waals surface area contributed by atoms with E-state index in [-0.39, 0.29) is 11.4 Å². The zero-order chi connectivity index (χ0) is 13.1. The summed E-state index contributed by atoms with van der Waals surface area (Å²) < 4.78 is 0.741. The first-order valence-electron chi connectivity index (χ1n) is 4.98. The Kier molecular flexibility index (Phi) is 3.29. The Morgan fingerprint density at radius 3 is 2.56 bits per heavy atom. The molecule has 7 heteroatoms. The van der Waals surface area contributed by atoms with Crippen LogP contribution in [0.2, 0.25) is 5.02 Å². The van der Waals surface area contributed by atoms with Gasteiger partial charge < -0.3 is 5.32 Å². The third kappa shape index (κ3) is 2.67. The van der Waals surface area contributed by atoms with Crippen LogP contribution >= 0.6 is 11.6 Å². The Hall–Kier alpha value is -2.34. The molecule has 0 spiro atoms.